The maximum atomic E-state index is 12.8. The molecule has 0 aliphatic carbocycles. The first kappa shape index (κ1) is 20.1. The number of hydrogen-bond donors (Lipinski definition) is 1. The van der Waals surface area contributed by atoms with Crippen LogP contribution >= 0.6 is 11.3 Å². The molecule has 5 rings (SSSR count). The van der Waals surface area contributed by atoms with Crippen molar-refractivity contribution in [2.45, 2.75) is 24.2 Å². The molecule has 0 saturated carbocycles. The second-order valence-electron chi connectivity index (χ2n) is 7.62. The van der Waals surface area contributed by atoms with Gasteiger partial charge in [-0.2, -0.15) is 4.31 Å². The lowest BCUT2D eigenvalue weighted by Crippen LogP contribution is -2.27. The standard InChI is InChI=1S/C23H21N3O3S2/c27-22(14-17-8-5-7-16-6-1-2-9-19(16)17)25-23-24-20-11-10-18(15-21(20)30-23)31(28,29)26-12-3-4-13-26/h1-2,5-11,15H,3-4,12-14H2,(H,24,25,27). The zero-order valence-electron chi connectivity index (χ0n) is 16.7. The van der Waals surface area contributed by atoms with E-state index < -0.39 is 10.0 Å². The van der Waals surface area contributed by atoms with Crippen molar-refractivity contribution in [1.82, 2.24) is 9.29 Å². The van der Waals surface area contributed by atoms with Crippen molar-refractivity contribution in [1.29, 1.82) is 0 Å². The molecule has 31 heavy (non-hydrogen) atoms. The van der Waals surface area contributed by atoms with E-state index >= 15 is 0 Å². The average molecular weight is 452 g/mol. The lowest BCUT2D eigenvalue weighted by Gasteiger charge is -2.15. The van der Waals surface area contributed by atoms with Crippen LogP contribution in [0.1, 0.15) is 18.4 Å². The van der Waals surface area contributed by atoms with Crippen LogP contribution in [0.15, 0.2) is 65.6 Å². The smallest absolute Gasteiger partial charge is 0.243 e. The number of amides is 1. The third kappa shape index (κ3) is 3.94. The number of fused-ring (bicyclic) bond motifs is 2. The summed E-state index contributed by atoms with van der Waals surface area (Å²) in [7, 11) is -3.48. The molecule has 0 radical (unpaired) electrons. The highest BCUT2D eigenvalue weighted by molar-refractivity contribution is 7.89. The minimum absolute atomic E-state index is 0.152. The molecule has 1 fully saturated rings. The largest absolute Gasteiger partial charge is 0.302 e. The van der Waals surface area contributed by atoms with Crippen molar-refractivity contribution in [3.8, 4) is 0 Å². The molecule has 0 bridgehead atoms. The van der Waals surface area contributed by atoms with Gasteiger partial charge >= 0.3 is 0 Å². The predicted octanol–water partition coefficient (Wildman–Crippen LogP) is 4.42. The van der Waals surface area contributed by atoms with E-state index in [4.69, 9.17) is 0 Å². The molecule has 2 heterocycles. The zero-order chi connectivity index (χ0) is 21.4. The van der Waals surface area contributed by atoms with Gasteiger partial charge in [-0.15, -0.1) is 0 Å². The molecular formula is C23H21N3O3S2. The highest BCUT2D eigenvalue weighted by Crippen LogP contribution is 2.30. The van der Waals surface area contributed by atoms with Gasteiger partial charge in [0.1, 0.15) is 0 Å². The van der Waals surface area contributed by atoms with Crippen molar-refractivity contribution in [2.75, 3.05) is 18.4 Å². The number of carbonyl (C=O) groups excluding carboxylic acids is 1. The topological polar surface area (TPSA) is 79.4 Å². The number of rotatable bonds is 5. The van der Waals surface area contributed by atoms with Crippen LogP contribution in [0.4, 0.5) is 5.13 Å². The lowest BCUT2D eigenvalue weighted by molar-refractivity contribution is -0.115. The number of thiazole rings is 1. The number of carbonyl (C=O) groups is 1. The molecule has 1 N–H and O–H groups in total. The van der Waals surface area contributed by atoms with Crippen molar-refractivity contribution in [2.24, 2.45) is 0 Å². The third-order valence-electron chi connectivity index (χ3n) is 5.54. The van der Waals surface area contributed by atoms with E-state index in [1.54, 1.807) is 18.2 Å². The van der Waals surface area contributed by atoms with Gasteiger partial charge in [0, 0.05) is 13.1 Å². The van der Waals surface area contributed by atoms with Crippen LogP contribution in [-0.4, -0.2) is 36.7 Å². The monoisotopic (exact) mass is 451 g/mol. The summed E-state index contributed by atoms with van der Waals surface area (Å²) in [5, 5.41) is 5.49. The van der Waals surface area contributed by atoms with Crippen molar-refractivity contribution in [3.05, 3.63) is 66.2 Å². The lowest BCUT2D eigenvalue weighted by atomic mass is 10.0. The number of anilines is 1. The molecular weight excluding hydrogens is 430 g/mol. The van der Waals surface area contributed by atoms with Crippen molar-refractivity contribution >= 4 is 53.4 Å². The minimum atomic E-state index is -3.48. The van der Waals surface area contributed by atoms with Gasteiger partial charge in [0.25, 0.3) is 0 Å². The van der Waals surface area contributed by atoms with E-state index in [1.807, 2.05) is 42.5 Å². The average Bonchev–Trinajstić information content (AvgIpc) is 3.43. The zero-order valence-corrected chi connectivity index (χ0v) is 18.4. The molecule has 1 aromatic heterocycles. The first-order chi connectivity index (χ1) is 15.0. The molecule has 8 heteroatoms. The predicted molar refractivity (Wildman–Crippen MR) is 124 cm³/mol. The molecule has 0 spiro atoms. The van der Waals surface area contributed by atoms with Gasteiger partial charge in [0.2, 0.25) is 15.9 Å². The first-order valence-electron chi connectivity index (χ1n) is 10.2. The van der Waals surface area contributed by atoms with E-state index in [-0.39, 0.29) is 17.2 Å². The van der Waals surface area contributed by atoms with Crippen molar-refractivity contribution < 1.29 is 13.2 Å². The SMILES string of the molecule is O=C(Cc1cccc2ccccc12)Nc1nc2ccc(S(=O)(=O)N3CCCC3)cc2s1. The highest BCUT2D eigenvalue weighted by atomic mass is 32.2. The Balaban J connectivity index is 1.36. The van der Waals surface area contributed by atoms with Gasteiger partial charge < -0.3 is 5.32 Å². The maximum Gasteiger partial charge on any atom is 0.243 e. The van der Waals surface area contributed by atoms with Crippen LogP contribution < -0.4 is 5.32 Å². The summed E-state index contributed by atoms with van der Waals surface area (Å²) < 4.78 is 27.9. The molecule has 0 atom stereocenters. The summed E-state index contributed by atoms with van der Waals surface area (Å²) in [5.41, 5.74) is 1.63. The van der Waals surface area contributed by atoms with E-state index in [9.17, 15) is 13.2 Å². The quantitative estimate of drug-likeness (QED) is 0.487. The van der Waals surface area contributed by atoms with Gasteiger partial charge in [0.05, 0.1) is 21.5 Å². The van der Waals surface area contributed by atoms with E-state index in [1.165, 1.54) is 15.6 Å². The van der Waals surface area contributed by atoms with Gasteiger partial charge in [-0.05, 0) is 47.4 Å². The molecule has 1 amide bonds. The molecule has 1 saturated heterocycles. The van der Waals surface area contributed by atoms with E-state index in [2.05, 4.69) is 10.3 Å². The second-order valence-corrected chi connectivity index (χ2v) is 10.6. The summed E-state index contributed by atoms with van der Waals surface area (Å²) in [5.74, 6) is -0.152. The van der Waals surface area contributed by atoms with Crippen LogP contribution in [-0.2, 0) is 21.2 Å². The van der Waals surface area contributed by atoms with Crippen LogP contribution in [0, 0.1) is 0 Å². The third-order valence-corrected chi connectivity index (χ3v) is 8.37. The van der Waals surface area contributed by atoms with Crippen LogP contribution in [0.3, 0.4) is 0 Å². The Hall–Kier alpha value is -2.81. The van der Waals surface area contributed by atoms with Crippen molar-refractivity contribution in [3.63, 3.8) is 0 Å². The van der Waals surface area contributed by atoms with Gasteiger partial charge in [-0.1, -0.05) is 53.8 Å². The normalized spacial score (nSPS) is 15.0. The van der Waals surface area contributed by atoms with Crippen LogP contribution in [0.25, 0.3) is 21.0 Å². The summed E-state index contributed by atoms with van der Waals surface area (Å²) in [6.45, 7) is 1.14. The summed E-state index contributed by atoms with van der Waals surface area (Å²) in [4.78, 5) is 17.4. The fourth-order valence-electron chi connectivity index (χ4n) is 3.98. The molecule has 3 aromatic carbocycles. The molecule has 0 unspecified atom stereocenters. The van der Waals surface area contributed by atoms with Gasteiger partial charge in [-0.25, -0.2) is 13.4 Å². The van der Waals surface area contributed by atoms with Crippen LogP contribution in [0.2, 0.25) is 0 Å². The summed E-state index contributed by atoms with van der Waals surface area (Å²) >= 11 is 1.29. The number of nitrogens with one attached hydrogen (secondary N) is 1. The minimum Gasteiger partial charge on any atom is -0.302 e. The number of aromatic nitrogens is 1. The Kier molecular flexibility index (Phi) is 5.21. The maximum absolute atomic E-state index is 12.8. The Labute approximate surface area is 184 Å². The molecule has 1 aliphatic rings. The van der Waals surface area contributed by atoms with E-state index in [0.717, 1.165) is 33.9 Å². The molecule has 4 aromatic rings. The van der Waals surface area contributed by atoms with Crippen LogP contribution in [0.5, 0.6) is 0 Å². The number of hydrogen-bond acceptors (Lipinski definition) is 5. The highest BCUT2D eigenvalue weighted by Gasteiger charge is 2.27. The second kappa shape index (κ2) is 8.03. The Morgan fingerprint density at radius 3 is 2.65 bits per heavy atom. The Bertz CT molecular complexity index is 1380. The van der Waals surface area contributed by atoms with Gasteiger partial charge in [-0.3, -0.25) is 4.79 Å². The number of benzene rings is 3. The molecule has 6 nitrogen and oxygen atoms in total. The van der Waals surface area contributed by atoms with E-state index in [0.29, 0.717) is 23.7 Å². The summed E-state index contributed by atoms with van der Waals surface area (Å²) in [6.07, 6.45) is 2.04. The fraction of sp³-hybridized carbons (Fsp3) is 0.217. The molecule has 158 valence electrons. The first-order valence-corrected chi connectivity index (χ1v) is 12.4. The summed E-state index contributed by atoms with van der Waals surface area (Å²) in [6, 6.07) is 18.9. The Morgan fingerprint density at radius 1 is 1.03 bits per heavy atom. The van der Waals surface area contributed by atoms with Gasteiger partial charge in [0.15, 0.2) is 5.13 Å². The fourth-order valence-corrected chi connectivity index (χ4v) is 6.52. The molecule has 1 aliphatic heterocycles. The number of nitrogens with zero attached hydrogens (tertiary/aromatic N) is 2. The number of sulfonamides is 1. The Morgan fingerprint density at radius 2 is 1.81 bits per heavy atom.